The lowest BCUT2D eigenvalue weighted by atomic mass is 10.3. The van der Waals surface area contributed by atoms with Crippen molar-refractivity contribution in [1.82, 2.24) is 5.32 Å². The van der Waals surface area contributed by atoms with Crippen molar-refractivity contribution in [3.8, 4) is 0 Å². The first-order valence-electron chi connectivity index (χ1n) is 5.09. The Balaban J connectivity index is 3.76. The largest absolute Gasteiger partial charge is 0.342 e. The summed E-state index contributed by atoms with van der Waals surface area (Å²) in [4.78, 5) is 11.4. The smallest absolute Gasteiger partial charge is 0.275 e. The Kier molecular flexibility index (Phi) is 7.01. The van der Waals surface area contributed by atoms with Gasteiger partial charge in [0.05, 0.1) is 26.5 Å². The van der Waals surface area contributed by atoms with Crippen molar-refractivity contribution in [2.24, 2.45) is 0 Å². The summed E-state index contributed by atoms with van der Waals surface area (Å²) in [7, 11) is 4.21. The average Bonchev–Trinajstić information content (AvgIpc) is 2.11. The van der Waals surface area contributed by atoms with E-state index < -0.39 is 0 Å². The zero-order valence-corrected chi connectivity index (χ0v) is 10.6. The lowest BCUT2D eigenvalue weighted by molar-refractivity contribution is -0.882. The highest BCUT2D eigenvalue weighted by atomic mass is 32.2. The summed E-state index contributed by atoms with van der Waals surface area (Å²) in [5.74, 6) is 0.868. The molecule has 0 aromatic rings. The molecule has 4 heteroatoms. The number of thioether (sulfide) groups is 1. The van der Waals surface area contributed by atoms with Crippen LogP contribution in [0.15, 0.2) is 0 Å². The van der Waals surface area contributed by atoms with Crippen molar-refractivity contribution in [3.63, 3.8) is 0 Å². The van der Waals surface area contributed by atoms with Crippen molar-refractivity contribution in [3.05, 3.63) is 0 Å². The third kappa shape index (κ3) is 7.21. The van der Waals surface area contributed by atoms with Gasteiger partial charge in [-0.1, -0.05) is 13.3 Å². The van der Waals surface area contributed by atoms with Crippen LogP contribution in [0.5, 0.6) is 0 Å². The third-order valence-corrected chi connectivity index (χ3v) is 2.54. The molecule has 0 heterocycles. The minimum atomic E-state index is 0.153. The van der Waals surface area contributed by atoms with Gasteiger partial charge in [0.15, 0.2) is 6.54 Å². The molecule has 14 heavy (non-hydrogen) atoms. The fourth-order valence-corrected chi connectivity index (χ4v) is 1.57. The molecule has 0 rings (SSSR count). The van der Waals surface area contributed by atoms with Crippen molar-refractivity contribution < 1.29 is 9.28 Å². The summed E-state index contributed by atoms with van der Waals surface area (Å²) in [5.41, 5.74) is 0. The van der Waals surface area contributed by atoms with Crippen LogP contribution in [-0.2, 0) is 4.79 Å². The van der Waals surface area contributed by atoms with E-state index in [1.54, 1.807) is 11.8 Å². The van der Waals surface area contributed by atoms with E-state index in [1.807, 2.05) is 6.26 Å². The Hall–Kier alpha value is -0.220. The van der Waals surface area contributed by atoms with Gasteiger partial charge in [0.1, 0.15) is 0 Å². The summed E-state index contributed by atoms with van der Waals surface area (Å²) in [6, 6.07) is 0. The number of nitrogens with one attached hydrogen (secondary N) is 1. The molecule has 0 radical (unpaired) electrons. The molecule has 0 aromatic carbocycles. The van der Waals surface area contributed by atoms with E-state index in [4.69, 9.17) is 0 Å². The Morgan fingerprint density at radius 1 is 1.43 bits per heavy atom. The van der Waals surface area contributed by atoms with Crippen LogP contribution in [-0.4, -0.2) is 49.7 Å². The number of unbranched alkanes of at least 4 members (excludes halogenated alkanes) is 1. The minimum Gasteiger partial charge on any atom is -0.342 e. The van der Waals surface area contributed by atoms with Crippen LogP contribution in [0.25, 0.3) is 0 Å². The second-order valence-corrected chi connectivity index (χ2v) is 5.07. The maximum atomic E-state index is 11.4. The molecule has 0 saturated heterocycles. The summed E-state index contributed by atoms with van der Waals surface area (Å²) >= 11 is 1.63. The highest BCUT2D eigenvalue weighted by molar-refractivity contribution is 7.98. The number of hydrogen-bond donors (Lipinski definition) is 1. The van der Waals surface area contributed by atoms with E-state index in [9.17, 15) is 4.79 Å². The molecule has 0 fully saturated rings. The van der Waals surface area contributed by atoms with Crippen LogP contribution < -0.4 is 5.32 Å². The molecule has 0 aliphatic rings. The molecule has 0 saturated carbocycles. The van der Waals surface area contributed by atoms with Gasteiger partial charge in [-0.3, -0.25) is 4.79 Å². The number of carbonyl (C=O) groups is 1. The lowest BCUT2D eigenvalue weighted by Crippen LogP contribution is -2.47. The molecule has 0 atom stereocenters. The van der Waals surface area contributed by atoms with Gasteiger partial charge in [0.25, 0.3) is 5.91 Å². The van der Waals surface area contributed by atoms with Crippen LogP contribution in [0.4, 0.5) is 0 Å². The lowest BCUT2D eigenvalue weighted by Gasteiger charge is -2.28. The summed E-state index contributed by atoms with van der Waals surface area (Å²) in [6.45, 7) is 3.83. The molecule has 0 aliphatic heterocycles. The second-order valence-electron chi connectivity index (χ2n) is 4.20. The van der Waals surface area contributed by atoms with Crippen molar-refractivity contribution in [1.29, 1.82) is 0 Å². The minimum absolute atomic E-state index is 0.153. The van der Waals surface area contributed by atoms with Crippen LogP contribution in [0.1, 0.15) is 19.8 Å². The number of hydrogen-bond acceptors (Lipinski definition) is 2. The predicted octanol–water partition coefficient (Wildman–Crippen LogP) is 1.30. The normalized spacial score (nSPS) is 11.4. The standard InChI is InChI=1S/C10H22N2OS/c1-5-6-7-12(2,3)8-10(13)11-9-14-4/h5-9H2,1-4H3/p+1. The number of likely N-dealkylation sites (N-methyl/N-ethyl adjacent to an activating group) is 1. The molecular weight excluding hydrogens is 196 g/mol. The molecule has 1 N–H and O–H groups in total. The number of rotatable bonds is 7. The van der Waals surface area contributed by atoms with Crippen molar-refractivity contribution in [2.75, 3.05) is 39.3 Å². The molecule has 0 bridgehead atoms. The number of nitrogens with zero attached hydrogens (tertiary/aromatic N) is 1. The Morgan fingerprint density at radius 3 is 2.57 bits per heavy atom. The number of carbonyl (C=O) groups excluding carboxylic acids is 1. The molecule has 0 unspecified atom stereocenters. The van der Waals surface area contributed by atoms with E-state index in [2.05, 4.69) is 26.3 Å². The van der Waals surface area contributed by atoms with Crippen LogP contribution in [0.3, 0.4) is 0 Å². The molecule has 0 aliphatic carbocycles. The summed E-state index contributed by atoms with van der Waals surface area (Å²) in [6.07, 6.45) is 4.36. The first kappa shape index (κ1) is 13.8. The van der Waals surface area contributed by atoms with Crippen LogP contribution in [0.2, 0.25) is 0 Å². The zero-order valence-electron chi connectivity index (χ0n) is 9.80. The van der Waals surface area contributed by atoms with E-state index in [0.29, 0.717) is 12.4 Å². The number of amides is 1. The highest BCUT2D eigenvalue weighted by Gasteiger charge is 2.18. The molecule has 0 aromatic heterocycles. The quantitative estimate of drug-likeness (QED) is 0.516. The van der Waals surface area contributed by atoms with E-state index >= 15 is 0 Å². The monoisotopic (exact) mass is 219 g/mol. The zero-order chi connectivity index (χ0) is 11.0. The van der Waals surface area contributed by atoms with E-state index in [0.717, 1.165) is 11.0 Å². The first-order valence-corrected chi connectivity index (χ1v) is 6.49. The van der Waals surface area contributed by atoms with Crippen molar-refractivity contribution >= 4 is 17.7 Å². The van der Waals surface area contributed by atoms with E-state index in [-0.39, 0.29) is 5.91 Å². The highest BCUT2D eigenvalue weighted by Crippen LogP contribution is 2.01. The van der Waals surface area contributed by atoms with Crippen molar-refractivity contribution in [2.45, 2.75) is 19.8 Å². The fourth-order valence-electron chi connectivity index (χ4n) is 1.26. The van der Waals surface area contributed by atoms with Gasteiger partial charge in [0, 0.05) is 0 Å². The Morgan fingerprint density at radius 2 is 2.07 bits per heavy atom. The first-order chi connectivity index (χ1) is 6.52. The Labute approximate surface area is 91.8 Å². The molecule has 0 spiro atoms. The van der Waals surface area contributed by atoms with Gasteiger partial charge in [-0.05, 0) is 12.7 Å². The molecule has 1 amide bonds. The van der Waals surface area contributed by atoms with Gasteiger partial charge in [-0.15, -0.1) is 11.8 Å². The predicted molar refractivity (Wildman–Crippen MR) is 63.3 cm³/mol. The van der Waals surface area contributed by atoms with Gasteiger partial charge in [-0.25, -0.2) is 0 Å². The maximum absolute atomic E-state index is 11.4. The van der Waals surface area contributed by atoms with Gasteiger partial charge < -0.3 is 9.80 Å². The SMILES string of the molecule is CCCC[N+](C)(C)CC(=O)NCSC. The summed E-state index contributed by atoms with van der Waals surface area (Å²) < 4.78 is 0.786. The van der Waals surface area contributed by atoms with Crippen LogP contribution >= 0.6 is 11.8 Å². The van der Waals surface area contributed by atoms with Gasteiger partial charge in [-0.2, -0.15) is 0 Å². The number of quaternary nitrogens is 1. The van der Waals surface area contributed by atoms with Gasteiger partial charge in [0.2, 0.25) is 0 Å². The molecule has 3 nitrogen and oxygen atoms in total. The molecule has 84 valence electrons. The fraction of sp³-hybridized carbons (Fsp3) is 0.900. The topological polar surface area (TPSA) is 29.1 Å². The van der Waals surface area contributed by atoms with Gasteiger partial charge >= 0.3 is 0 Å². The second kappa shape index (κ2) is 7.12. The summed E-state index contributed by atoms with van der Waals surface area (Å²) in [5, 5.41) is 2.87. The average molecular weight is 219 g/mol. The van der Waals surface area contributed by atoms with Crippen LogP contribution in [0, 0.1) is 0 Å². The van der Waals surface area contributed by atoms with E-state index in [1.165, 1.54) is 12.8 Å². The molecular formula is C10H23N2OS+. The third-order valence-electron chi connectivity index (χ3n) is 2.10. The maximum Gasteiger partial charge on any atom is 0.275 e. The Bertz CT molecular complexity index is 172.